The fourth-order valence-electron chi connectivity index (χ4n) is 2.70. The zero-order valence-corrected chi connectivity index (χ0v) is 16.5. The molecule has 0 saturated heterocycles. The van der Waals surface area contributed by atoms with Gasteiger partial charge in [-0.1, -0.05) is 54.9 Å². The van der Waals surface area contributed by atoms with Crippen molar-refractivity contribution in [3.05, 3.63) is 48.0 Å². The number of carbonyl (C=O) groups is 1. The first-order valence-electron chi connectivity index (χ1n) is 8.95. The standard InChI is InChI=1S/C19H23N5O2S/c1-4-5-10-16(18(25)21-17-11-14(3)26-23-17)27-19-22-20-12-24(19)15-9-7-6-8-13(15)2/h6-9,11-12,16H,4-5,10H2,1-3H3,(H,21,23,25). The molecule has 1 unspecified atom stereocenters. The number of hydrogen-bond donors (Lipinski definition) is 1. The highest BCUT2D eigenvalue weighted by Crippen LogP contribution is 2.29. The SMILES string of the molecule is CCCCC(Sc1nncn1-c1ccccc1C)C(=O)Nc1cc(C)on1. The van der Waals surface area contributed by atoms with Gasteiger partial charge in [-0.05, 0) is 31.9 Å². The summed E-state index contributed by atoms with van der Waals surface area (Å²) in [7, 11) is 0. The number of thioether (sulfide) groups is 1. The van der Waals surface area contributed by atoms with Crippen molar-refractivity contribution in [2.45, 2.75) is 50.4 Å². The minimum Gasteiger partial charge on any atom is -0.360 e. The molecule has 142 valence electrons. The molecule has 0 spiro atoms. The van der Waals surface area contributed by atoms with Crippen molar-refractivity contribution in [1.29, 1.82) is 0 Å². The average molecular weight is 385 g/mol. The summed E-state index contributed by atoms with van der Waals surface area (Å²) in [4.78, 5) is 12.8. The molecule has 27 heavy (non-hydrogen) atoms. The molecule has 0 bridgehead atoms. The summed E-state index contributed by atoms with van der Waals surface area (Å²) in [5, 5.41) is 15.4. The summed E-state index contributed by atoms with van der Waals surface area (Å²) in [6.45, 7) is 5.94. The lowest BCUT2D eigenvalue weighted by Crippen LogP contribution is -2.26. The van der Waals surface area contributed by atoms with E-state index in [0.29, 0.717) is 16.7 Å². The van der Waals surface area contributed by atoms with E-state index in [1.165, 1.54) is 11.8 Å². The molecule has 2 heterocycles. The van der Waals surface area contributed by atoms with Crippen LogP contribution < -0.4 is 5.32 Å². The van der Waals surface area contributed by atoms with Gasteiger partial charge in [0.1, 0.15) is 12.1 Å². The normalized spacial score (nSPS) is 12.1. The molecular formula is C19H23N5O2S. The highest BCUT2D eigenvalue weighted by atomic mass is 32.2. The molecule has 1 aromatic carbocycles. The van der Waals surface area contributed by atoms with Crippen molar-refractivity contribution in [2.24, 2.45) is 0 Å². The number of amides is 1. The molecule has 1 amide bonds. The lowest BCUT2D eigenvalue weighted by Gasteiger charge is -2.16. The number of anilines is 1. The van der Waals surface area contributed by atoms with Gasteiger partial charge in [0.05, 0.1) is 10.9 Å². The Morgan fingerprint density at radius 2 is 2.15 bits per heavy atom. The van der Waals surface area contributed by atoms with E-state index in [0.717, 1.165) is 30.5 Å². The number of para-hydroxylation sites is 1. The first-order chi connectivity index (χ1) is 13.1. The van der Waals surface area contributed by atoms with Crippen LogP contribution in [-0.2, 0) is 4.79 Å². The molecule has 7 nitrogen and oxygen atoms in total. The largest absolute Gasteiger partial charge is 0.360 e. The molecule has 0 saturated carbocycles. The third kappa shape index (κ3) is 4.77. The van der Waals surface area contributed by atoms with E-state index in [1.807, 2.05) is 35.8 Å². The van der Waals surface area contributed by atoms with Crippen LogP contribution in [0.1, 0.15) is 37.5 Å². The predicted octanol–water partition coefficient (Wildman–Crippen LogP) is 4.16. The van der Waals surface area contributed by atoms with E-state index in [9.17, 15) is 4.79 Å². The van der Waals surface area contributed by atoms with Crippen molar-refractivity contribution in [2.75, 3.05) is 5.32 Å². The smallest absolute Gasteiger partial charge is 0.239 e. The van der Waals surface area contributed by atoms with Crippen LogP contribution in [-0.4, -0.2) is 31.1 Å². The van der Waals surface area contributed by atoms with Gasteiger partial charge in [0, 0.05) is 6.07 Å². The lowest BCUT2D eigenvalue weighted by molar-refractivity contribution is -0.115. The first-order valence-corrected chi connectivity index (χ1v) is 9.83. The molecule has 1 atom stereocenters. The lowest BCUT2D eigenvalue weighted by atomic mass is 10.2. The van der Waals surface area contributed by atoms with E-state index < -0.39 is 0 Å². The summed E-state index contributed by atoms with van der Waals surface area (Å²) in [6, 6.07) is 9.73. The maximum absolute atomic E-state index is 12.8. The molecule has 3 rings (SSSR count). The van der Waals surface area contributed by atoms with Crippen molar-refractivity contribution >= 4 is 23.5 Å². The summed E-state index contributed by atoms with van der Waals surface area (Å²) in [6.07, 6.45) is 4.38. The maximum Gasteiger partial charge on any atom is 0.239 e. The first kappa shape index (κ1) is 19.2. The minimum atomic E-state index is -0.297. The van der Waals surface area contributed by atoms with E-state index >= 15 is 0 Å². The van der Waals surface area contributed by atoms with E-state index in [1.54, 1.807) is 19.3 Å². The fraction of sp³-hybridized carbons (Fsp3) is 0.368. The Kier molecular flexibility index (Phi) is 6.28. The van der Waals surface area contributed by atoms with Gasteiger partial charge >= 0.3 is 0 Å². The van der Waals surface area contributed by atoms with Crippen LogP contribution >= 0.6 is 11.8 Å². The molecule has 0 fully saturated rings. The van der Waals surface area contributed by atoms with E-state index in [4.69, 9.17) is 4.52 Å². The third-order valence-corrected chi connectivity index (χ3v) is 5.35. The molecule has 1 N–H and O–H groups in total. The van der Waals surface area contributed by atoms with Gasteiger partial charge < -0.3 is 9.84 Å². The van der Waals surface area contributed by atoms with Gasteiger partial charge in [0.15, 0.2) is 11.0 Å². The van der Waals surface area contributed by atoms with Crippen molar-refractivity contribution in [3.8, 4) is 5.69 Å². The minimum absolute atomic E-state index is 0.110. The Hall–Kier alpha value is -2.61. The summed E-state index contributed by atoms with van der Waals surface area (Å²) in [5.41, 5.74) is 2.12. The quantitative estimate of drug-likeness (QED) is 0.586. The number of nitrogens with one attached hydrogen (secondary N) is 1. The average Bonchev–Trinajstić information content (AvgIpc) is 3.27. The van der Waals surface area contributed by atoms with Gasteiger partial charge in [-0.15, -0.1) is 10.2 Å². The summed E-state index contributed by atoms with van der Waals surface area (Å²) < 4.78 is 6.95. The molecule has 0 aliphatic carbocycles. The summed E-state index contributed by atoms with van der Waals surface area (Å²) in [5.74, 6) is 0.975. The molecule has 0 aliphatic heterocycles. The van der Waals surface area contributed by atoms with Gasteiger partial charge in [0.25, 0.3) is 0 Å². The number of carbonyl (C=O) groups excluding carboxylic acids is 1. The second-order valence-corrected chi connectivity index (χ2v) is 7.50. The second kappa shape index (κ2) is 8.85. The van der Waals surface area contributed by atoms with Crippen LogP contribution in [0.2, 0.25) is 0 Å². The number of unbranched alkanes of at least 4 members (excludes halogenated alkanes) is 1. The Morgan fingerprint density at radius 1 is 1.33 bits per heavy atom. The van der Waals surface area contributed by atoms with E-state index in [2.05, 4.69) is 27.6 Å². The predicted molar refractivity (Wildman–Crippen MR) is 105 cm³/mol. The number of rotatable bonds is 8. The second-order valence-electron chi connectivity index (χ2n) is 6.33. The molecule has 2 aromatic heterocycles. The number of hydrogen-bond acceptors (Lipinski definition) is 6. The zero-order valence-electron chi connectivity index (χ0n) is 15.7. The number of benzene rings is 1. The highest BCUT2D eigenvalue weighted by Gasteiger charge is 2.23. The Bertz CT molecular complexity index is 905. The van der Waals surface area contributed by atoms with Crippen molar-refractivity contribution in [1.82, 2.24) is 19.9 Å². The van der Waals surface area contributed by atoms with Gasteiger partial charge in [-0.3, -0.25) is 9.36 Å². The van der Waals surface area contributed by atoms with Crippen LogP contribution in [0.25, 0.3) is 5.69 Å². The van der Waals surface area contributed by atoms with E-state index in [-0.39, 0.29) is 11.2 Å². The van der Waals surface area contributed by atoms with Crippen molar-refractivity contribution < 1.29 is 9.32 Å². The molecule has 3 aromatic rings. The number of aryl methyl sites for hydroxylation is 2. The summed E-state index contributed by atoms with van der Waals surface area (Å²) >= 11 is 1.42. The monoisotopic (exact) mass is 385 g/mol. The van der Waals surface area contributed by atoms with Crippen LogP contribution in [0.5, 0.6) is 0 Å². The number of nitrogens with zero attached hydrogens (tertiary/aromatic N) is 4. The topological polar surface area (TPSA) is 85.8 Å². The van der Waals surface area contributed by atoms with Crippen LogP contribution in [0, 0.1) is 13.8 Å². The van der Waals surface area contributed by atoms with Gasteiger partial charge in [-0.2, -0.15) is 0 Å². The Balaban J connectivity index is 1.80. The number of aromatic nitrogens is 4. The van der Waals surface area contributed by atoms with Gasteiger partial charge in [-0.25, -0.2) is 0 Å². The van der Waals surface area contributed by atoms with Crippen LogP contribution in [0.4, 0.5) is 5.82 Å². The molecular weight excluding hydrogens is 362 g/mol. The fourth-order valence-corrected chi connectivity index (χ4v) is 3.75. The van der Waals surface area contributed by atoms with Crippen molar-refractivity contribution in [3.63, 3.8) is 0 Å². The maximum atomic E-state index is 12.8. The highest BCUT2D eigenvalue weighted by molar-refractivity contribution is 8.00. The van der Waals surface area contributed by atoms with Crippen LogP contribution in [0.3, 0.4) is 0 Å². The Morgan fingerprint density at radius 3 is 2.85 bits per heavy atom. The van der Waals surface area contributed by atoms with Crippen LogP contribution in [0.15, 0.2) is 46.3 Å². The Labute approximate surface area is 162 Å². The molecule has 0 aliphatic rings. The molecule has 0 radical (unpaired) electrons. The van der Waals surface area contributed by atoms with Gasteiger partial charge in [0.2, 0.25) is 5.91 Å². The zero-order chi connectivity index (χ0) is 19.2. The molecule has 8 heteroatoms. The third-order valence-electron chi connectivity index (χ3n) is 4.13.